The smallest absolute Gasteiger partial charge is 0.268 e. The van der Waals surface area contributed by atoms with E-state index in [0.717, 1.165) is 11.3 Å². The number of carbonyl (C=O) groups excluding carboxylic acids is 1. The van der Waals surface area contributed by atoms with E-state index in [1.165, 1.54) is 21.3 Å². The SMILES string of the molecule is C[C@H](O)[C@@H](CCOc1cccc(-c2cc3ccccc3s2)c1)n1cnc(C(N)=O)c1. The predicted octanol–water partition coefficient (Wildman–Crippen LogP) is 4.25. The maximum Gasteiger partial charge on any atom is 0.268 e. The number of rotatable bonds is 8. The second-order valence-corrected chi connectivity index (χ2v) is 8.28. The molecule has 0 aliphatic rings. The molecule has 0 aliphatic heterocycles. The van der Waals surface area contributed by atoms with E-state index in [4.69, 9.17) is 10.5 Å². The fourth-order valence-corrected chi connectivity index (χ4v) is 4.50. The summed E-state index contributed by atoms with van der Waals surface area (Å²) in [6.07, 6.45) is 2.99. The van der Waals surface area contributed by atoms with Crippen LogP contribution in [0, 0.1) is 0 Å². The van der Waals surface area contributed by atoms with Crippen molar-refractivity contribution in [3.63, 3.8) is 0 Å². The van der Waals surface area contributed by atoms with E-state index in [0.29, 0.717) is 13.0 Å². The molecule has 0 saturated heterocycles. The summed E-state index contributed by atoms with van der Waals surface area (Å²) in [4.78, 5) is 16.5. The van der Waals surface area contributed by atoms with Gasteiger partial charge in [0.25, 0.3) is 5.91 Å². The molecule has 4 aromatic rings. The van der Waals surface area contributed by atoms with Crippen LogP contribution in [0.5, 0.6) is 5.75 Å². The third-order valence-electron chi connectivity index (χ3n) is 5.02. The number of nitrogens with two attached hydrogens (primary N) is 1. The average Bonchev–Trinajstić information content (AvgIpc) is 3.38. The van der Waals surface area contributed by atoms with E-state index in [9.17, 15) is 9.90 Å². The van der Waals surface area contributed by atoms with Crippen molar-refractivity contribution in [2.75, 3.05) is 6.61 Å². The molecule has 0 bridgehead atoms. The van der Waals surface area contributed by atoms with Gasteiger partial charge in [-0.05, 0) is 42.1 Å². The summed E-state index contributed by atoms with van der Waals surface area (Å²) in [6.45, 7) is 2.12. The van der Waals surface area contributed by atoms with Gasteiger partial charge in [-0.1, -0.05) is 30.3 Å². The third kappa shape index (κ3) is 4.37. The zero-order valence-electron chi connectivity index (χ0n) is 16.6. The highest BCUT2D eigenvalue weighted by Crippen LogP contribution is 2.34. The number of amides is 1. The molecule has 0 radical (unpaired) electrons. The summed E-state index contributed by atoms with van der Waals surface area (Å²) in [6, 6.07) is 18.3. The van der Waals surface area contributed by atoms with Crippen LogP contribution in [0.4, 0.5) is 0 Å². The number of nitrogens with zero attached hydrogens (tertiary/aromatic N) is 2. The average molecular weight is 422 g/mol. The van der Waals surface area contributed by atoms with Crippen LogP contribution in [0.1, 0.15) is 29.9 Å². The standard InChI is InChI=1S/C23H23N3O3S/c1-15(27)20(26-13-19(23(24)28)25-14-26)9-10-29-18-7-4-6-16(11-18)22-12-17-5-2-3-8-21(17)30-22/h2-8,11-15,20,27H,9-10H2,1H3,(H2,24,28)/t15-,20+/m0/s1. The lowest BCUT2D eigenvalue weighted by Gasteiger charge is -2.21. The molecule has 0 spiro atoms. The van der Waals surface area contributed by atoms with E-state index in [2.05, 4.69) is 29.2 Å². The quantitative estimate of drug-likeness (QED) is 0.445. The van der Waals surface area contributed by atoms with Crippen molar-refractivity contribution in [2.24, 2.45) is 5.73 Å². The zero-order valence-corrected chi connectivity index (χ0v) is 17.4. The highest BCUT2D eigenvalue weighted by atomic mass is 32.1. The Labute approximate surface area is 178 Å². The van der Waals surface area contributed by atoms with Gasteiger partial charge in [0.1, 0.15) is 11.4 Å². The molecule has 4 rings (SSSR count). The van der Waals surface area contributed by atoms with Crippen LogP contribution >= 0.6 is 11.3 Å². The molecule has 0 saturated carbocycles. The third-order valence-corrected chi connectivity index (χ3v) is 6.19. The van der Waals surface area contributed by atoms with Crippen LogP contribution in [0.3, 0.4) is 0 Å². The normalized spacial score (nSPS) is 13.3. The molecule has 154 valence electrons. The molecule has 0 fully saturated rings. The first-order valence-corrected chi connectivity index (χ1v) is 10.6. The molecule has 2 atom stereocenters. The summed E-state index contributed by atoms with van der Waals surface area (Å²) >= 11 is 1.76. The van der Waals surface area contributed by atoms with Crippen LogP contribution < -0.4 is 10.5 Å². The molecule has 2 aromatic heterocycles. The molecule has 0 unspecified atom stereocenters. The summed E-state index contributed by atoms with van der Waals surface area (Å²) in [7, 11) is 0. The van der Waals surface area contributed by atoms with Crippen molar-refractivity contribution >= 4 is 27.3 Å². The largest absolute Gasteiger partial charge is 0.493 e. The van der Waals surface area contributed by atoms with Gasteiger partial charge in [-0.15, -0.1) is 11.3 Å². The Morgan fingerprint density at radius 2 is 2.07 bits per heavy atom. The molecule has 3 N–H and O–H groups in total. The van der Waals surface area contributed by atoms with Gasteiger partial charge in [0.05, 0.1) is 25.1 Å². The maximum atomic E-state index is 11.3. The zero-order chi connectivity index (χ0) is 21.1. The lowest BCUT2D eigenvalue weighted by Crippen LogP contribution is -2.23. The number of thiophene rings is 1. The van der Waals surface area contributed by atoms with Crippen molar-refractivity contribution < 1.29 is 14.6 Å². The maximum absolute atomic E-state index is 11.3. The number of aliphatic hydroxyl groups is 1. The number of ether oxygens (including phenoxy) is 1. The second-order valence-electron chi connectivity index (χ2n) is 7.19. The number of benzene rings is 2. The fraction of sp³-hybridized carbons (Fsp3) is 0.217. The molecule has 0 aliphatic carbocycles. The second kappa shape index (κ2) is 8.69. The molecular weight excluding hydrogens is 398 g/mol. The van der Waals surface area contributed by atoms with Crippen molar-refractivity contribution in [2.45, 2.75) is 25.5 Å². The van der Waals surface area contributed by atoms with Gasteiger partial charge in [0.2, 0.25) is 0 Å². The predicted molar refractivity (Wildman–Crippen MR) is 119 cm³/mol. The number of primary amides is 1. The van der Waals surface area contributed by atoms with Crippen molar-refractivity contribution in [3.05, 3.63) is 72.8 Å². The number of fused-ring (bicyclic) bond motifs is 1. The Hall–Kier alpha value is -3.16. The van der Waals surface area contributed by atoms with Gasteiger partial charge in [-0.3, -0.25) is 4.79 Å². The van der Waals surface area contributed by atoms with Gasteiger partial charge in [-0.25, -0.2) is 4.98 Å². The summed E-state index contributed by atoms with van der Waals surface area (Å²) in [5.74, 6) is 0.185. The first-order valence-electron chi connectivity index (χ1n) is 9.74. The minimum atomic E-state index is -0.631. The minimum absolute atomic E-state index is 0.178. The summed E-state index contributed by atoms with van der Waals surface area (Å²) < 4.78 is 8.94. The highest BCUT2D eigenvalue weighted by Gasteiger charge is 2.19. The number of carbonyl (C=O) groups is 1. The molecular formula is C23H23N3O3S. The number of hydrogen-bond acceptors (Lipinski definition) is 5. The van der Waals surface area contributed by atoms with Crippen LogP contribution in [-0.2, 0) is 0 Å². The Morgan fingerprint density at radius 1 is 1.23 bits per heavy atom. The number of hydrogen-bond donors (Lipinski definition) is 2. The number of aromatic nitrogens is 2. The van der Waals surface area contributed by atoms with Gasteiger partial charge >= 0.3 is 0 Å². The summed E-state index contributed by atoms with van der Waals surface area (Å²) in [5, 5.41) is 11.4. The van der Waals surface area contributed by atoms with Crippen LogP contribution in [-0.4, -0.2) is 33.3 Å². The van der Waals surface area contributed by atoms with E-state index >= 15 is 0 Å². The first-order chi connectivity index (χ1) is 14.5. The van der Waals surface area contributed by atoms with Gasteiger partial charge in [-0.2, -0.15) is 0 Å². The topological polar surface area (TPSA) is 90.4 Å². The Bertz CT molecular complexity index is 1130. The molecule has 7 heteroatoms. The van der Waals surface area contributed by atoms with Gasteiger partial charge in [0, 0.05) is 22.2 Å². The minimum Gasteiger partial charge on any atom is -0.493 e. The van der Waals surface area contributed by atoms with E-state index in [-0.39, 0.29) is 11.7 Å². The van der Waals surface area contributed by atoms with Crippen LogP contribution in [0.15, 0.2) is 67.1 Å². The van der Waals surface area contributed by atoms with Crippen LogP contribution in [0.25, 0.3) is 20.5 Å². The summed E-state index contributed by atoms with van der Waals surface area (Å²) in [5.41, 5.74) is 6.56. The van der Waals surface area contributed by atoms with Gasteiger partial charge in [0.15, 0.2) is 0 Å². The van der Waals surface area contributed by atoms with Crippen molar-refractivity contribution in [1.29, 1.82) is 0 Å². The highest BCUT2D eigenvalue weighted by molar-refractivity contribution is 7.22. The molecule has 1 amide bonds. The number of aliphatic hydroxyl groups excluding tert-OH is 1. The van der Waals surface area contributed by atoms with E-state index in [1.54, 1.807) is 29.0 Å². The molecule has 6 nitrogen and oxygen atoms in total. The fourth-order valence-electron chi connectivity index (χ4n) is 3.45. The van der Waals surface area contributed by atoms with Crippen molar-refractivity contribution in [1.82, 2.24) is 9.55 Å². The Kier molecular flexibility index (Phi) is 5.83. The Balaban J connectivity index is 1.44. The Morgan fingerprint density at radius 3 is 2.80 bits per heavy atom. The first kappa shape index (κ1) is 20.1. The van der Waals surface area contributed by atoms with Crippen molar-refractivity contribution in [3.8, 4) is 16.2 Å². The lowest BCUT2D eigenvalue weighted by atomic mass is 10.1. The van der Waals surface area contributed by atoms with Crippen LogP contribution in [0.2, 0.25) is 0 Å². The molecule has 2 heterocycles. The molecule has 30 heavy (non-hydrogen) atoms. The molecule has 2 aromatic carbocycles. The number of imidazole rings is 1. The van der Waals surface area contributed by atoms with E-state index in [1.807, 2.05) is 30.3 Å². The van der Waals surface area contributed by atoms with E-state index < -0.39 is 12.0 Å². The monoisotopic (exact) mass is 421 g/mol. The van der Waals surface area contributed by atoms with Gasteiger partial charge < -0.3 is 20.1 Å². The lowest BCUT2D eigenvalue weighted by molar-refractivity contribution is 0.0993.